The summed E-state index contributed by atoms with van der Waals surface area (Å²) in [4.78, 5) is 16.2. The number of hydrogen-bond acceptors (Lipinski definition) is 3. The van der Waals surface area contributed by atoms with E-state index in [1.165, 1.54) is 0 Å². The van der Waals surface area contributed by atoms with Crippen molar-refractivity contribution in [3.8, 4) is 0 Å². The lowest BCUT2D eigenvalue weighted by atomic mass is 10.1. The smallest absolute Gasteiger partial charge is 0.226 e. The Morgan fingerprint density at radius 3 is 2.95 bits per heavy atom. The fourth-order valence-corrected chi connectivity index (χ4v) is 2.62. The van der Waals surface area contributed by atoms with E-state index >= 15 is 0 Å². The van der Waals surface area contributed by atoms with Gasteiger partial charge in [0.25, 0.3) is 0 Å². The Hall–Kier alpha value is -1.39. The van der Waals surface area contributed by atoms with Gasteiger partial charge in [0.05, 0.1) is 23.2 Å². The number of halogens is 1. The number of aryl methyl sites for hydroxylation is 1. The maximum absolute atomic E-state index is 11.9. The molecule has 1 unspecified atom stereocenters. The first kappa shape index (κ1) is 14.0. The second kappa shape index (κ2) is 6.17. The van der Waals surface area contributed by atoms with Crippen LogP contribution in [0.4, 0.5) is 0 Å². The van der Waals surface area contributed by atoms with Crippen LogP contribution in [0, 0.1) is 6.92 Å². The molecule has 1 aromatic carbocycles. The topological polar surface area (TPSA) is 42.0 Å². The van der Waals surface area contributed by atoms with Gasteiger partial charge in [0, 0.05) is 10.4 Å². The molecule has 0 saturated carbocycles. The highest BCUT2D eigenvalue weighted by Crippen LogP contribution is 2.17. The number of aromatic nitrogens is 1. The third kappa shape index (κ3) is 4.04. The molecule has 3 nitrogen and oxygen atoms in total. The van der Waals surface area contributed by atoms with E-state index in [0.29, 0.717) is 11.4 Å². The van der Waals surface area contributed by atoms with Gasteiger partial charge >= 0.3 is 0 Å². The summed E-state index contributed by atoms with van der Waals surface area (Å²) in [5, 5.41) is 6.52. The SMILES string of the molecule is Cc1nc(CC(=O)NC(C)c2cccc(Cl)c2)cs1. The minimum absolute atomic E-state index is 0.0298. The van der Waals surface area contributed by atoms with Crippen LogP contribution in [0.15, 0.2) is 29.6 Å². The Labute approximate surface area is 121 Å². The molecule has 19 heavy (non-hydrogen) atoms. The van der Waals surface area contributed by atoms with E-state index in [1.807, 2.05) is 43.5 Å². The number of carbonyl (C=O) groups excluding carboxylic acids is 1. The van der Waals surface area contributed by atoms with Gasteiger partial charge in [-0.15, -0.1) is 11.3 Å². The van der Waals surface area contributed by atoms with E-state index in [2.05, 4.69) is 10.3 Å². The van der Waals surface area contributed by atoms with Gasteiger partial charge < -0.3 is 5.32 Å². The fraction of sp³-hybridized carbons (Fsp3) is 0.286. The normalized spacial score (nSPS) is 12.2. The van der Waals surface area contributed by atoms with Gasteiger partial charge in [0.15, 0.2) is 0 Å². The number of nitrogens with zero attached hydrogens (tertiary/aromatic N) is 1. The fourth-order valence-electron chi connectivity index (χ4n) is 1.81. The number of thiazole rings is 1. The average molecular weight is 295 g/mol. The zero-order chi connectivity index (χ0) is 13.8. The van der Waals surface area contributed by atoms with Gasteiger partial charge in [-0.2, -0.15) is 0 Å². The predicted octanol–water partition coefficient (Wildman–Crippen LogP) is 3.52. The Balaban J connectivity index is 1.95. The lowest BCUT2D eigenvalue weighted by Gasteiger charge is -2.14. The average Bonchev–Trinajstić information content (AvgIpc) is 2.74. The Kier molecular flexibility index (Phi) is 4.56. The molecule has 1 N–H and O–H groups in total. The van der Waals surface area contributed by atoms with Crippen LogP contribution in [0.25, 0.3) is 0 Å². The Bertz CT molecular complexity index is 582. The first-order valence-corrected chi connectivity index (χ1v) is 7.26. The molecule has 2 rings (SSSR count). The molecule has 0 aliphatic rings. The third-order valence-electron chi connectivity index (χ3n) is 2.73. The molecular formula is C14H15ClN2OS. The van der Waals surface area contributed by atoms with Crippen LogP contribution in [0.1, 0.15) is 29.2 Å². The maximum atomic E-state index is 11.9. The zero-order valence-electron chi connectivity index (χ0n) is 10.8. The molecule has 100 valence electrons. The quantitative estimate of drug-likeness (QED) is 0.937. The second-order valence-corrected chi connectivity index (χ2v) is 5.88. The van der Waals surface area contributed by atoms with Gasteiger partial charge in [-0.05, 0) is 31.5 Å². The number of amides is 1. The molecule has 0 aliphatic carbocycles. The van der Waals surface area contributed by atoms with Gasteiger partial charge in [0.1, 0.15) is 0 Å². The van der Waals surface area contributed by atoms with Crippen LogP contribution in [-0.4, -0.2) is 10.9 Å². The first-order chi connectivity index (χ1) is 9.04. The first-order valence-electron chi connectivity index (χ1n) is 6.00. The summed E-state index contributed by atoms with van der Waals surface area (Å²) in [6.07, 6.45) is 0.315. The Morgan fingerprint density at radius 2 is 2.32 bits per heavy atom. The van der Waals surface area contributed by atoms with Crippen LogP contribution >= 0.6 is 22.9 Å². The van der Waals surface area contributed by atoms with Gasteiger partial charge in [-0.1, -0.05) is 23.7 Å². The molecule has 0 bridgehead atoms. The van der Waals surface area contributed by atoms with Crippen LogP contribution < -0.4 is 5.32 Å². The van der Waals surface area contributed by atoms with Crippen molar-refractivity contribution < 1.29 is 4.79 Å². The summed E-state index contributed by atoms with van der Waals surface area (Å²) in [6.45, 7) is 3.87. The van der Waals surface area contributed by atoms with E-state index < -0.39 is 0 Å². The molecule has 0 spiro atoms. The summed E-state index contributed by atoms with van der Waals surface area (Å²) < 4.78 is 0. The van der Waals surface area contributed by atoms with Gasteiger partial charge in [0.2, 0.25) is 5.91 Å². The number of carbonyl (C=O) groups is 1. The highest BCUT2D eigenvalue weighted by molar-refractivity contribution is 7.09. The van der Waals surface area contributed by atoms with Crippen LogP contribution in [0.3, 0.4) is 0 Å². The minimum Gasteiger partial charge on any atom is -0.349 e. The van der Waals surface area contributed by atoms with Crippen LogP contribution in [-0.2, 0) is 11.2 Å². The molecule has 1 amide bonds. The van der Waals surface area contributed by atoms with Crippen molar-refractivity contribution in [1.82, 2.24) is 10.3 Å². The van der Waals surface area contributed by atoms with E-state index in [9.17, 15) is 4.79 Å². The van der Waals surface area contributed by atoms with Crippen molar-refractivity contribution in [2.24, 2.45) is 0 Å². The van der Waals surface area contributed by atoms with E-state index in [1.54, 1.807) is 11.3 Å². The number of nitrogens with one attached hydrogen (secondary N) is 1. The van der Waals surface area contributed by atoms with Crippen molar-refractivity contribution in [2.75, 3.05) is 0 Å². The highest BCUT2D eigenvalue weighted by Gasteiger charge is 2.11. The number of rotatable bonds is 4. The monoisotopic (exact) mass is 294 g/mol. The summed E-state index contributed by atoms with van der Waals surface area (Å²) in [5.74, 6) is -0.0298. The van der Waals surface area contributed by atoms with Gasteiger partial charge in [-0.3, -0.25) is 4.79 Å². The molecule has 5 heteroatoms. The van der Waals surface area contributed by atoms with E-state index in [4.69, 9.17) is 11.6 Å². The van der Waals surface area contributed by atoms with Crippen molar-refractivity contribution in [1.29, 1.82) is 0 Å². The van der Waals surface area contributed by atoms with Gasteiger partial charge in [-0.25, -0.2) is 4.98 Å². The summed E-state index contributed by atoms with van der Waals surface area (Å²) in [6, 6.07) is 7.44. The molecule has 0 fully saturated rings. The summed E-state index contributed by atoms with van der Waals surface area (Å²) >= 11 is 7.49. The highest BCUT2D eigenvalue weighted by atomic mass is 35.5. The van der Waals surface area contributed by atoms with Crippen LogP contribution in [0.5, 0.6) is 0 Å². The molecule has 2 aromatic rings. The number of benzene rings is 1. The van der Waals surface area contributed by atoms with E-state index in [0.717, 1.165) is 16.3 Å². The largest absolute Gasteiger partial charge is 0.349 e. The molecule has 1 aromatic heterocycles. The molecular weight excluding hydrogens is 280 g/mol. The van der Waals surface area contributed by atoms with Crippen molar-refractivity contribution in [3.63, 3.8) is 0 Å². The second-order valence-electron chi connectivity index (χ2n) is 4.38. The van der Waals surface area contributed by atoms with E-state index in [-0.39, 0.29) is 11.9 Å². The molecule has 1 heterocycles. The minimum atomic E-state index is -0.0640. The summed E-state index contributed by atoms with van der Waals surface area (Å²) in [7, 11) is 0. The number of hydrogen-bond donors (Lipinski definition) is 1. The van der Waals surface area contributed by atoms with Crippen molar-refractivity contribution >= 4 is 28.8 Å². The molecule has 1 atom stereocenters. The third-order valence-corrected chi connectivity index (χ3v) is 3.79. The standard InChI is InChI=1S/C14H15ClN2OS/c1-9(11-4-3-5-12(15)6-11)16-14(18)7-13-8-19-10(2)17-13/h3-6,8-9H,7H2,1-2H3,(H,16,18). The molecule has 0 saturated heterocycles. The van der Waals surface area contributed by atoms with Crippen molar-refractivity contribution in [3.05, 3.63) is 50.9 Å². The zero-order valence-corrected chi connectivity index (χ0v) is 12.4. The lowest BCUT2D eigenvalue weighted by molar-refractivity contribution is -0.121. The maximum Gasteiger partial charge on any atom is 0.226 e. The Morgan fingerprint density at radius 1 is 1.53 bits per heavy atom. The predicted molar refractivity (Wildman–Crippen MR) is 78.6 cm³/mol. The van der Waals surface area contributed by atoms with Crippen LogP contribution in [0.2, 0.25) is 5.02 Å². The summed E-state index contributed by atoms with van der Waals surface area (Å²) in [5.41, 5.74) is 1.81. The van der Waals surface area contributed by atoms with Crippen molar-refractivity contribution in [2.45, 2.75) is 26.3 Å². The molecule has 0 aliphatic heterocycles. The lowest BCUT2D eigenvalue weighted by Crippen LogP contribution is -2.28. The molecule has 0 radical (unpaired) electrons.